The van der Waals surface area contributed by atoms with E-state index >= 15 is 0 Å². The summed E-state index contributed by atoms with van der Waals surface area (Å²) < 4.78 is 1.80. The summed E-state index contributed by atoms with van der Waals surface area (Å²) in [6.45, 7) is 3.79. The third-order valence-electron chi connectivity index (χ3n) is 3.75. The number of carbonyl (C=O) groups excluding carboxylic acids is 1. The molecule has 116 valence electrons. The van der Waals surface area contributed by atoms with Crippen LogP contribution in [0.4, 0.5) is 0 Å². The Morgan fingerprint density at radius 1 is 1.62 bits per heavy atom. The van der Waals surface area contributed by atoms with Gasteiger partial charge in [-0.3, -0.25) is 9.48 Å². The third kappa shape index (κ3) is 3.06. The number of aromatic nitrogens is 2. The van der Waals surface area contributed by atoms with Gasteiger partial charge in [0.25, 0.3) is 5.91 Å². The van der Waals surface area contributed by atoms with E-state index < -0.39 is 0 Å². The van der Waals surface area contributed by atoms with Gasteiger partial charge >= 0.3 is 0 Å². The number of β-amino-alcohol motifs (C(OH)–C–C–N with tert-alkyl or cyclic N) is 1. The summed E-state index contributed by atoms with van der Waals surface area (Å²) in [5.74, 6) is 0.0152. The number of aryl methyl sites for hydroxylation is 2. The van der Waals surface area contributed by atoms with Crippen LogP contribution in [0.25, 0.3) is 10.2 Å². The fourth-order valence-corrected chi connectivity index (χ4v) is 3.60. The third-order valence-corrected chi connectivity index (χ3v) is 4.95. The molecule has 3 rings (SSSR count). The fourth-order valence-electron chi connectivity index (χ4n) is 2.56. The maximum atomic E-state index is 12.2. The van der Waals surface area contributed by atoms with Gasteiger partial charge in [-0.15, -0.1) is 23.7 Å². The summed E-state index contributed by atoms with van der Waals surface area (Å²) in [7, 11) is 1.88. The van der Waals surface area contributed by atoms with Gasteiger partial charge in [0.2, 0.25) is 0 Å². The highest BCUT2D eigenvalue weighted by atomic mass is 35.5. The van der Waals surface area contributed by atoms with Crippen LogP contribution in [0.5, 0.6) is 0 Å². The molecule has 2 atom stereocenters. The van der Waals surface area contributed by atoms with Crippen LogP contribution >= 0.6 is 23.7 Å². The summed E-state index contributed by atoms with van der Waals surface area (Å²) >= 11 is 1.45. The summed E-state index contributed by atoms with van der Waals surface area (Å²) in [6.07, 6.45) is -0.371. The van der Waals surface area contributed by atoms with Crippen molar-refractivity contribution in [3.05, 3.63) is 16.6 Å². The van der Waals surface area contributed by atoms with Crippen molar-refractivity contribution in [3.8, 4) is 0 Å². The standard InChI is InChI=1S/C13H18N4O2S.ClH/c1-7-9-3-11(20-13(9)17(2)16-7)12(19)15-5-8-4-14-6-10(8)18;/h3,8,10,14,18H,4-6H2,1-2H3,(H,15,19);1H. The second-order valence-corrected chi connectivity index (χ2v) is 6.26. The van der Waals surface area contributed by atoms with Gasteiger partial charge in [-0.1, -0.05) is 0 Å². The van der Waals surface area contributed by atoms with Gasteiger partial charge in [0.15, 0.2) is 0 Å². The van der Waals surface area contributed by atoms with Crippen LogP contribution in [-0.2, 0) is 7.05 Å². The predicted molar refractivity (Wildman–Crippen MR) is 85.3 cm³/mol. The molecule has 1 saturated heterocycles. The number of hydrogen-bond acceptors (Lipinski definition) is 5. The number of aliphatic hydroxyl groups excluding tert-OH is 1. The molecule has 1 aliphatic rings. The molecular weight excluding hydrogens is 312 g/mol. The van der Waals surface area contributed by atoms with Crippen molar-refractivity contribution in [1.82, 2.24) is 20.4 Å². The molecule has 0 bridgehead atoms. The number of rotatable bonds is 3. The number of fused-ring (bicyclic) bond motifs is 1. The Hall–Kier alpha value is -1.15. The van der Waals surface area contributed by atoms with Crippen molar-refractivity contribution >= 4 is 39.9 Å². The number of aliphatic hydroxyl groups is 1. The molecule has 21 heavy (non-hydrogen) atoms. The lowest BCUT2D eigenvalue weighted by Gasteiger charge is -2.13. The zero-order valence-electron chi connectivity index (χ0n) is 11.9. The topological polar surface area (TPSA) is 79.2 Å². The van der Waals surface area contributed by atoms with Crippen molar-refractivity contribution in [2.75, 3.05) is 19.6 Å². The lowest BCUT2D eigenvalue weighted by atomic mass is 10.1. The van der Waals surface area contributed by atoms with E-state index in [0.29, 0.717) is 18.0 Å². The first kappa shape index (κ1) is 16.2. The van der Waals surface area contributed by atoms with Crippen LogP contribution in [0.15, 0.2) is 6.07 Å². The molecule has 1 aliphatic heterocycles. The molecule has 1 amide bonds. The average Bonchev–Trinajstić information content (AvgIpc) is 3.07. The number of amides is 1. The number of hydrogen-bond donors (Lipinski definition) is 3. The molecule has 0 saturated carbocycles. The minimum atomic E-state index is -0.371. The normalized spacial score (nSPS) is 21.5. The smallest absolute Gasteiger partial charge is 0.261 e. The highest BCUT2D eigenvalue weighted by Crippen LogP contribution is 2.27. The van der Waals surface area contributed by atoms with Gasteiger partial charge in [-0.2, -0.15) is 5.10 Å². The number of nitrogens with zero attached hydrogens (tertiary/aromatic N) is 2. The molecule has 0 aliphatic carbocycles. The Kier molecular flexibility index (Phi) is 4.88. The van der Waals surface area contributed by atoms with E-state index in [2.05, 4.69) is 15.7 Å². The van der Waals surface area contributed by atoms with Gasteiger partial charge in [0.1, 0.15) is 4.83 Å². The van der Waals surface area contributed by atoms with Crippen molar-refractivity contribution in [1.29, 1.82) is 0 Å². The molecule has 0 spiro atoms. The minimum absolute atomic E-state index is 0. The molecule has 8 heteroatoms. The highest BCUT2D eigenvalue weighted by Gasteiger charge is 2.25. The molecule has 2 aromatic rings. The largest absolute Gasteiger partial charge is 0.391 e. The number of thiophene rings is 1. The Morgan fingerprint density at radius 3 is 3.00 bits per heavy atom. The summed E-state index contributed by atoms with van der Waals surface area (Å²) in [4.78, 5) is 13.9. The first-order valence-electron chi connectivity index (χ1n) is 6.66. The van der Waals surface area contributed by atoms with Crippen LogP contribution in [0.1, 0.15) is 15.4 Å². The Balaban J connectivity index is 0.00000161. The minimum Gasteiger partial charge on any atom is -0.391 e. The van der Waals surface area contributed by atoms with E-state index in [-0.39, 0.29) is 30.3 Å². The van der Waals surface area contributed by atoms with Gasteiger partial charge < -0.3 is 15.7 Å². The van der Waals surface area contributed by atoms with E-state index in [1.807, 2.05) is 20.0 Å². The van der Waals surface area contributed by atoms with E-state index in [0.717, 1.165) is 22.5 Å². The molecule has 6 nitrogen and oxygen atoms in total. The maximum Gasteiger partial charge on any atom is 0.261 e. The maximum absolute atomic E-state index is 12.2. The number of halogens is 1. The average molecular weight is 331 g/mol. The predicted octanol–water partition coefficient (Wildman–Crippen LogP) is 0.675. The van der Waals surface area contributed by atoms with E-state index in [1.165, 1.54) is 11.3 Å². The Morgan fingerprint density at radius 2 is 2.38 bits per heavy atom. The van der Waals surface area contributed by atoms with Crippen molar-refractivity contribution < 1.29 is 9.90 Å². The van der Waals surface area contributed by atoms with E-state index in [1.54, 1.807) is 4.68 Å². The van der Waals surface area contributed by atoms with Crippen LogP contribution in [-0.4, -0.2) is 46.5 Å². The Bertz CT molecular complexity index is 619. The van der Waals surface area contributed by atoms with Gasteiger partial charge in [0.05, 0.1) is 16.7 Å². The number of carbonyl (C=O) groups is 1. The van der Waals surface area contributed by atoms with Crippen LogP contribution in [0.2, 0.25) is 0 Å². The van der Waals surface area contributed by atoms with Gasteiger partial charge in [-0.05, 0) is 13.0 Å². The monoisotopic (exact) mass is 330 g/mol. The van der Waals surface area contributed by atoms with Crippen LogP contribution < -0.4 is 10.6 Å². The van der Waals surface area contributed by atoms with Crippen molar-refractivity contribution in [3.63, 3.8) is 0 Å². The highest BCUT2D eigenvalue weighted by molar-refractivity contribution is 7.20. The summed E-state index contributed by atoms with van der Waals surface area (Å²) in [6, 6.07) is 1.89. The van der Waals surface area contributed by atoms with Gasteiger partial charge in [-0.25, -0.2) is 0 Å². The van der Waals surface area contributed by atoms with Gasteiger partial charge in [0, 0.05) is 38.0 Å². The van der Waals surface area contributed by atoms with E-state index in [4.69, 9.17) is 0 Å². The molecular formula is C13H19ClN4O2S. The Labute approximate surface area is 132 Å². The zero-order chi connectivity index (χ0) is 14.3. The summed E-state index contributed by atoms with van der Waals surface area (Å²) in [5, 5.41) is 21.1. The molecule has 3 heterocycles. The molecule has 0 radical (unpaired) electrons. The molecule has 2 aromatic heterocycles. The van der Waals surface area contributed by atoms with E-state index in [9.17, 15) is 9.90 Å². The molecule has 1 fully saturated rings. The first-order valence-corrected chi connectivity index (χ1v) is 7.48. The second kappa shape index (κ2) is 6.31. The lowest BCUT2D eigenvalue weighted by Crippen LogP contribution is -2.34. The lowest BCUT2D eigenvalue weighted by molar-refractivity contribution is 0.0931. The zero-order valence-corrected chi connectivity index (χ0v) is 13.6. The molecule has 0 aromatic carbocycles. The first-order chi connectivity index (χ1) is 9.56. The van der Waals surface area contributed by atoms with Crippen LogP contribution in [0, 0.1) is 12.8 Å². The van der Waals surface area contributed by atoms with Crippen molar-refractivity contribution in [2.45, 2.75) is 13.0 Å². The number of nitrogens with one attached hydrogen (secondary N) is 2. The quantitative estimate of drug-likeness (QED) is 0.773. The SMILES string of the molecule is Cc1nn(C)c2sc(C(=O)NCC3CNCC3O)cc12.Cl. The molecule has 2 unspecified atom stereocenters. The summed E-state index contributed by atoms with van der Waals surface area (Å²) in [5.41, 5.74) is 0.938. The van der Waals surface area contributed by atoms with Crippen LogP contribution in [0.3, 0.4) is 0 Å². The molecule has 3 N–H and O–H groups in total. The fraction of sp³-hybridized carbons (Fsp3) is 0.538. The van der Waals surface area contributed by atoms with Crippen molar-refractivity contribution in [2.24, 2.45) is 13.0 Å². The second-order valence-electron chi connectivity index (χ2n) is 5.23.